The van der Waals surface area contributed by atoms with Gasteiger partial charge in [-0.05, 0) is 48.9 Å². The molecule has 10 heteroatoms. The zero-order valence-corrected chi connectivity index (χ0v) is 18.6. The summed E-state index contributed by atoms with van der Waals surface area (Å²) in [5.41, 5.74) is 1.57. The van der Waals surface area contributed by atoms with Crippen molar-refractivity contribution in [2.24, 2.45) is 0 Å². The zero-order valence-electron chi connectivity index (χ0n) is 16.9. The minimum absolute atomic E-state index is 0.215. The third-order valence-corrected chi connectivity index (χ3v) is 7.41. The van der Waals surface area contributed by atoms with Gasteiger partial charge in [0, 0.05) is 33.0 Å². The van der Waals surface area contributed by atoms with Crippen LogP contribution in [-0.4, -0.2) is 54.4 Å². The first kappa shape index (κ1) is 22.9. The quantitative estimate of drug-likeness (QED) is 0.709. The summed E-state index contributed by atoms with van der Waals surface area (Å²) in [6.45, 7) is 1.79. The number of sulfone groups is 1. The van der Waals surface area contributed by atoms with Gasteiger partial charge in [0.05, 0.1) is 16.6 Å². The molecule has 29 heavy (non-hydrogen) atoms. The Morgan fingerprint density at radius 1 is 0.897 bits per heavy atom. The molecule has 158 valence electrons. The van der Waals surface area contributed by atoms with Gasteiger partial charge in [-0.15, -0.1) is 0 Å². The first-order valence-corrected chi connectivity index (χ1v) is 12.0. The van der Waals surface area contributed by atoms with E-state index in [1.165, 1.54) is 33.3 Å². The molecular weight excluding hydrogens is 414 g/mol. The van der Waals surface area contributed by atoms with E-state index < -0.39 is 20.0 Å². The van der Waals surface area contributed by atoms with E-state index in [4.69, 9.17) is 0 Å². The van der Waals surface area contributed by atoms with Crippen molar-refractivity contribution in [2.75, 3.05) is 31.7 Å². The fraction of sp³-hybridized carbons (Fsp3) is 0.316. The number of hydrogen-bond donors (Lipinski definition) is 1. The van der Waals surface area contributed by atoms with E-state index in [9.17, 15) is 21.6 Å². The fourth-order valence-electron chi connectivity index (χ4n) is 2.57. The van der Waals surface area contributed by atoms with E-state index in [2.05, 4.69) is 5.32 Å². The van der Waals surface area contributed by atoms with Crippen LogP contribution in [0.4, 0.5) is 5.69 Å². The Balaban J connectivity index is 2.11. The van der Waals surface area contributed by atoms with E-state index in [-0.39, 0.29) is 16.8 Å². The SMILES string of the molecule is C[C@@H](NC(=O)c1ccc(N(C)S(=O)(=O)N(C)C)cc1)c1ccc(S(C)(=O)=O)cc1. The molecule has 0 saturated heterocycles. The standard InChI is InChI=1S/C19H25N3O5S2/c1-14(15-8-12-18(13-9-15)28(5,24)25)20-19(23)16-6-10-17(11-7-16)22(4)29(26,27)21(2)3/h6-14H,1-5H3,(H,20,23)/t14-/m1/s1. The van der Waals surface area contributed by atoms with Gasteiger partial charge < -0.3 is 5.32 Å². The maximum absolute atomic E-state index is 12.5. The number of benzene rings is 2. The highest BCUT2D eigenvalue weighted by Gasteiger charge is 2.21. The normalized spacial score (nSPS) is 13.2. The number of nitrogens with zero attached hydrogens (tertiary/aromatic N) is 2. The van der Waals surface area contributed by atoms with Crippen LogP contribution < -0.4 is 9.62 Å². The first-order chi connectivity index (χ1) is 13.3. The minimum atomic E-state index is -3.61. The predicted molar refractivity (Wildman–Crippen MR) is 113 cm³/mol. The minimum Gasteiger partial charge on any atom is -0.346 e. The lowest BCUT2D eigenvalue weighted by Gasteiger charge is -2.23. The second-order valence-corrected chi connectivity index (χ2v) is 11.0. The fourth-order valence-corrected chi connectivity index (χ4v) is 4.08. The second kappa shape index (κ2) is 8.52. The molecule has 0 bridgehead atoms. The molecule has 0 saturated carbocycles. The largest absolute Gasteiger partial charge is 0.346 e. The summed E-state index contributed by atoms with van der Waals surface area (Å²) >= 11 is 0. The number of anilines is 1. The monoisotopic (exact) mass is 439 g/mol. The van der Waals surface area contributed by atoms with Gasteiger partial charge in [0.15, 0.2) is 9.84 Å². The van der Waals surface area contributed by atoms with Crippen LogP contribution in [0.15, 0.2) is 53.4 Å². The average molecular weight is 440 g/mol. The zero-order chi connectivity index (χ0) is 22.0. The maximum atomic E-state index is 12.5. The Morgan fingerprint density at radius 3 is 1.86 bits per heavy atom. The van der Waals surface area contributed by atoms with Crippen molar-refractivity contribution < 1.29 is 21.6 Å². The first-order valence-electron chi connectivity index (χ1n) is 8.71. The molecule has 8 nitrogen and oxygen atoms in total. The van der Waals surface area contributed by atoms with Crippen molar-refractivity contribution in [3.05, 3.63) is 59.7 Å². The Kier molecular flexibility index (Phi) is 6.71. The molecule has 2 rings (SSSR count). The van der Waals surface area contributed by atoms with Crippen LogP contribution in [0, 0.1) is 0 Å². The molecule has 0 spiro atoms. The van der Waals surface area contributed by atoms with Crippen LogP contribution in [0.25, 0.3) is 0 Å². The molecule has 2 aromatic rings. The third-order valence-electron chi connectivity index (χ3n) is 4.46. The van der Waals surface area contributed by atoms with Gasteiger partial charge in [0.2, 0.25) is 0 Å². The molecule has 1 N–H and O–H groups in total. The lowest BCUT2D eigenvalue weighted by molar-refractivity contribution is 0.0940. The van der Waals surface area contributed by atoms with Gasteiger partial charge in [-0.25, -0.2) is 8.42 Å². The van der Waals surface area contributed by atoms with Gasteiger partial charge in [-0.2, -0.15) is 12.7 Å². The Labute approximate surface area is 172 Å². The van der Waals surface area contributed by atoms with Gasteiger partial charge in [0.25, 0.3) is 5.91 Å². The van der Waals surface area contributed by atoms with Crippen molar-refractivity contribution >= 4 is 31.6 Å². The van der Waals surface area contributed by atoms with Crippen LogP contribution >= 0.6 is 0 Å². The average Bonchev–Trinajstić information content (AvgIpc) is 2.66. The van der Waals surface area contributed by atoms with Crippen LogP contribution in [0.1, 0.15) is 28.9 Å². The molecule has 0 unspecified atom stereocenters. The molecule has 2 aromatic carbocycles. The van der Waals surface area contributed by atoms with E-state index in [1.54, 1.807) is 43.3 Å². The lowest BCUT2D eigenvalue weighted by atomic mass is 10.1. The van der Waals surface area contributed by atoms with Gasteiger partial charge in [-0.3, -0.25) is 9.10 Å². The Bertz CT molecular complexity index is 1080. The van der Waals surface area contributed by atoms with Crippen molar-refractivity contribution in [2.45, 2.75) is 17.9 Å². The number of carbonyl (C=O) groups is 1. The van der Waals surface area contributed by atoms with Crippen molar-refractivity contribution in [3.63, 3.8) is 0 Å². The molecular formula is C19H25N3O5S2. The second-order valence-electron chi connectivity index (χ2n) is 6.84. The maximum Gasteiger partial charge on any atom is 0.303 e. The predicted octanol–water partition coefficient (Wildman–Crippen LogP) is 1.82. The highest BCUT2D eigenvalue weighted by molar-refractivity contribution is 7.90. The number of rotatable bonds is 7. The van der Waals surface area contributed by atoms with Crippen LogP contribution in [-0.2, 0) is 20.0 Å². The summed E-state index contributed by atoms with van der Waals surface area (Å²) in [6.07, 6.45) is 1.14. The number of nitrogens with one attached hydrogen (secondary N) is 1. The number of amides is 1. The molecule has 0 fully saturated rings. The number of carbonyl (C=O) groups excluding carboxylic acids is 1. The van der Waals surface area contributed by atoms with Crippen LogP contribution in [0.5, 0.6) is 0 Å². The summed E-state index contributed by atoms with van der Waals surface area (Å²) in [4.78, 5) is 12.7. The van der Waals surface area contributed by atoms with Crippen molar-refractivity contribution in [1.82, 2.24) is 9.62 Å². The van der Waals surface area contributed by atoms with Crippen LogP contribution in [0.3, 0.4) is 0 Å². The third kappa shape index (κ3) is 5.34. The summed E-state index contributed by atoms with van der Waals surface area (Å²) in [6, 6.07) is 12.2. The van der Waals surface area contributed by atoms with Gasteiger partial charge in [0.1, 0.15) is 0 Å². The summed E-state index contributed by atoms with van der Waals surface area (Å²) < 4.78 is 49.6. The molecule has 0 aliphatic carbocycles. The summed E-state index contributed by atoms with van der Waals surface area (Å²) in [5.74, 6) is -0.325. The van der Waals surface area contributed by atoms with Gasteiger partial charge in [-0.1, -0.05) is 12.1 Å². The van der Waals surface area contributed by atoms with E-state index in [0.29, 0.717) is 11.3 Å². The van der Waals surface area contributed by atoms with Crippen molar-refractivity contribution in [3.8, 4) is 0 Å². The van der Waals surface area contributed by atoms with Crippen molar-refractivity contribution in [1.29, 1.82) is 0 Å². The highest BCUT2D eigenvalue weighted by Crippen LogP contribution is 2.20. The molecule has 0 aliphatic heterocycles. The van der Waals surface area contributed by atoms with E-state index in [1.807, 2.05) is 0 Å². The topological polar surface area (TPSA) is 104 Å². The Morgan fingerprint density at radius 2 is 1.41 bits per heavy atom. The molecule has 0 heterocycles. The highest BCUT2D eigenvalue weighted by atomic mass is 32.2. The molecule has 0 aromatic heterocycles. The van der Waals surface area contributed by atoms with E-state index in [0.717, 1.165) is 20.4 Å². The van der Waals surface area contributed by atoms with E-state index >= 15 is 0 Å². The molecule has 0 aliphatic rings. The molecule has 0 radical (unpaired) electrons. The van der Waals surface area contributed by atoms with Gasteiger partial charge >= 0.3 is 10.2 Å². The summed E-state index contributed by atoms with van der Waals surface area (Å²) in [7, 11) is -2.56. The number of hydrogen-bond acceptors (Lipinski definition) is 5. The Hall–Kier alpha value is -2.43. The smallest absolute Gasteiger partial charge is 0.303 e. The molecule has 1 amide bonds. The van der Waals surface area contributed by atoms with Crippen LogP contribution in [0.2, 0.25) is 0 Å². The summed E-state index contributed by atoms with van der Waals surface area (Å²) in [5, 5.41) is 2.84. The molecule has 1 atom stereocenters. The lowest BCUT2D eigenvalue weighted by Crippen LogP contribution is -2.37.